The summed E-state index contributed by atoms with van der Waals surface area (Å²) < 4.78 is 20.1. The lowest BCUT2D eigenvalue weighted by Gasteiger charge is -2.08. The summed E-state index contributed by atoms with van der Waals surface area (Å²) in [6.45, 7) is 8.43. The maximum atomic E-state index is 13.1. The fourth-order valence-corrected chi connectivity index (χ4v) is 16.1. The van der Waals surface area contributed by atoms with E-state index in [1.807, 2.05) is 189 Å². The minimum Gasteiger partial charge on any atom is -0.478 e. The van der Waals surface area contributed by atoms with Crippen LogP contribution >= 0.6 is 22.7 Å². The van der Waals surface area contributed by atoms with Crippen LogP contribution in [0.2, 0.25) is 0 Å². The summed E-state index contributed by atoms with van der Waals surface area (Å²) in [5.74, 6) is -0.843. The third-order valence-corrected chi connectivity index (χ3v) is 21.9. The largest absolute Gasteiger partial charge is 0.478 e. The van der Waals surface area contributed by atoms with E-state index in [-0.39, 0.29) is 46.7 Å². The molecule has 0 aliphatic rings. The molecule has 32 nitrogen and oxygen atoms in total. The lowest BCUT2D eigenvalue weighted by Crippen LogP contribution is -2.23. The quantitative estimate of drug-likeness (QED) is 0.0360. The van der Waals surface area contributed by atoms with Crippen LogP contribution < -0.4 is 43.4 Å². The second kappa shape index (κ2) is 39.4. The first-order valence-electron chi connectivity index (χ1n) is 40.6. The van der Waals surface area contributed by atoms with E-state index in [2.05, 4.69) is 62.9 Å². The second-order valence-corrected chi connectivity index (χ2v) is 31.6. The van der Waals surface area contributed by atoms with Gasteiger partial charge in [-0.3, -0.25) is 50.8 Å². The van der Waals surface area contributed by atoms with Gasteiger partial charge in [0.15, 0.2) is 33.4 Å². The van der Waals surface area contributed by atoms with Crippen LogP contribution in [0.3, 0.4) is 0 Å². The van der Waals surface area contributed by atoms with Crippen molar-refractivity contribution < 1.29 is 57.7 Å². The number of hydrogen-bond acceptors (Lipinski definition) is 22. The number of carboxylic acids is 1. The van der Waals surface area contributed by atoms with E-state index < -0.39 is 17.9 Å². The van der Waals surface area contributed by atoms with Crippen molar-refractivity contribution in [1.29, 1.82) is 0 Å². The predicted octanol–water partition coefficient (Wildman–Crippen LogP) is 16.7. The molecule has 11 N–H and O–H groups in total. The van der Waals surface area contributed by atoms with Crippen LogP contribution in [0.25, 0.3) is 105 Å². The Bertz CT molecular complexity index is 7350. The highest BCUT2D eigenvalue weighted by Crippen LogP contribution is 2.37. The number of anilines is 6. The van der Waals surface area contributed by atoms with E-state index in [1.54, 1.807) is 119 Å². The topological polar surface area (TPSA) is 429 Å². The predicted molar refractivity (Wildman–Crippen MR) is 505 cm³/mol. The summed E-state index contributed by atoms with van der Waals surface area (Å²) in [6.07, 6.45) is 8.76. The molecule has 131 heavy (non-hydrogen) atoms. The maximum absolute atomic E-state index is 13.1. The summed E-state index contributed by atoms with van der Waals surface area (Å²) in [4.78, 5) is 140. The molecule has 19 aromatic rings. The molecule has 12 heterocycles. The molecule has 0 atom stereocenters. The first-order chi connectivity index (χ1) is 63.4. The number of imidazole rings is 5. The van der Waals surface area contributed by atoms with Gasteiger partial charge in [0.2, 0.25) is 23.6 Å². The Hall–Kier alpha value is -17.4. The first kappa shape index (κ1) is 88.5. The first-order valence-corrected chi connectivity index (χ1v) is 42.2. The maximum Gasteiger partial charge on any atom is 0.341 e. The molecule has 0 bridgehead atoms. The number of methoxy groups -OCH3 is 2. The molecule has 19 rings (SSSR count). The molecule has 12 aromatic heterocycles. The summed E-state index contributed by atoms with van der Waals surface area (Å²) >= 11 is 3.05. The molecule has 0 aliphatic carbocycles. The average Bonchev–Trinajstić information content (AvgIpc) is 1.63. The van der Waals surface area contributed by atoms with Crippen molar-refractivity contribution >= 4 is 159 Å². The Labute approximate surface area is 754 Å². The van der Waals surface area contributed by atoms with Crippen LogP contribution in [-0.4, -0.2) is 130 Å². The Balaban J connectivity index is 0.000000127. The number of carbonyl (C=O) groups is 9. The molecule has 0 spiro atoms. The van der Waals surface area contributed by atoms with Crippen LogP contribution in [0.5, 0.6) is 0 Å². The highest BCUT2D eigenvalue weighted by Gasteiger charge is 2.27. The van der Waals surface area contributed by atoms with Crippen LogP contribution in [0.15, 0.2) is 280 Å². The number of esters is 2. The van der Waals surface area contributed by atoms with Crippen molar-refractivity contribution in [3.05, 3.63) is 324 Å². The van der Waals surface area contributed by atoms with E-state index in [1.165, 1.54) is 59.3 Å². The summed E-state index contributed by atoms with van der Waals surface area (Å²) in [5, 5.41) is 28.0. The fraction of sp³-hybridized carbons (Fsp3) is 0.0928. The number of nitrogens with zero attached hydrogens (tertiary/aromatic N) is 12. The number of fused-ring (bicyclic) bond motifs is 7. The molecule has 0 aliphatic heterocycles. The molecule has 0 unspecified atom stereocenters. The molecule has 6 amide bonds. The monoisotopic (exact) mass is 1780 g/mol. The Morgan fingerprint density at radius 1 is 0.344 bits per heavy atom. The second-order valence-electron chi connectivity index (χ2n) is 29.3. The SMILES string of the molecule is CC(=O)Nc1c(-c2ccccc2)nc2c(C(=O)NCc3ccc4nc(C)sc4c3)cccn12.CC(=O)Nc1c(-c2ccccc2)nc2c(C(=O)NCc3ccc4nc(N)sc4c3)cccn12.CC(=O)Nc1c(-c2ccccc2)nc2c(C(=O)O)cccn12.COC(=O)c1cccn2c(N)c(-c3ccccc3)nc12.COC(=O)c1cccn2c(NC(C)=O)c(-c3ccccc3)nc12. The minimum atomic E-state index is -1.07. The number of rotatable bonds is 18. The molecule has 7 aromatic carbocycles. The van der Waals surface area contributed by atoms with E-state index in [0.717, 1.165) is 64.4 Å². The van der Waals surface area contributed by atoms with Gasteiger partial charge in [-0.05, 0) is 103 Å². The normalized spacial score (nSPS) is 10.8. The number of nitrogen functional groups attached to an aromatic ring is 2. The van der Waals surface area contributed by atoms with Gasteiger partial charge >= 0.3 is 17.9 Å². The fourth-order valence-electron chi connectivity index (χ4n) is 14.4. The summed E-state index contributed by atoms with van der Waals surface area (Å²) in [6, 6.07) is 76.1. The van der Waals surface area contributed by atoms with E-state index in [0.29, 0.717) is 121 Å². The number of hydrogen-bond donors (Lipinski definition) is 9. The van der Waals surface area contributed by atoms with Crippen molar-refractivity contribution in [3.63, 3.8) is 0 Å². The van der Waals surface area contributed by atoms with Gasteiger partial charge < -0.3 is 57.9 Å². The summed E-state index contributed by atoms with van der Waals surface area (Å²) in [7, 11) is 2.66. The number of benzene rings is 7. The highest BCUT2D eigenvalue weighted by molar-refractivity contribution is 7.22. The van der Waals surface area contributed by atoms with E-state index in [9.17, 15) is 48.3 Å². The number of carboxylic acid groups (broad SMARTS) is 1. The molecule has 0 saturated carbocycles. The number of ether oxygens (including phenoxy) is 2. The molecule has 34 heteroatoms. The van der Waals surface area contributed by atoms with Crippen molar-refractivity contribution in [3.8, 4) is 56.3 Å². The average molecular weight is 1780 g/mol. The van der Waals surface area contributed by atoms with Gasteiger partial charge in [0.05, 0.1) is 50.8 Å². The smallest absolute Gasteiger partial charge is 0.341 e. The molecular formula is C97H82N20O12S2. The zero-order valence-electron chi connectivity index (χ0n) is 71.2. The van der Waals surface area contributed by atoms with E-state index >= 15 is 0 Å². The zero-order valence-corrected chi connectivity index (χ0v) is 72.9. The number of pyridine rings is 5. The molecule has 0 radical (unpaired) electrons. The van der Waals surface area contributed by atoms with Gasteiger partial charge in [-0.1, -0.05) is 175 Å². The lowest BCUT2D eigenvalue weighted by atomic mass is 10.1. The number of aromatic carboxylic acids is 1. The van der Waals surface area contributed by atoms with Crippen LogP contribution in [0.1, 0.15) is 95.6 Å². The van der Waals surface area contributed by atoms with Crippen LogP contribution in [0, 0.1) is 6.92 Å². The van der Waals surface area contributed by atoms with Gasteiger partial charge in [-0.15, -0.1) is 11.3 Å². The third kappa shape index (κ3) is 19.7. The number of thiazole rings is 2. The Morgan fingerprint density at radius 3 is 0.977 bits per heavy atom. The van der Waals surface area contributed by atoms with E-state index in [4.69, 9.17) is 30.9 Å². The number of aromatic nitrogens is 12. The van der Waals surface area contributed by atoms with Gasteiger partial charge in [0, 0.05) is 99.6 Å². The third-order valence-electron chi connectivity index (χ3n) is 20.2. The molecular weight excluding hydrogens is 1700 g/mol. The van der Waals surface area contributed by atoms with Gasteiger partial charge in [-0.2, -0.15) is 0 Å². The Morgan fingerprint density at radius 2 is 0.634 bits per heavy atom. The van der Waals surface area contributed by atoms with Crippen molar-refractivity contribution in [2.75, 3.05) is 47.0 Å². The zero-order chi connectivity index (χ0) is 92.1. The van der Waals surface area contributed by atoms with Crippen molar-refractivity contribution in [2.45, 2.75) is 47.7 Å². The van der Waals surface area contributed by atoms with Gasteiger partial charge in [0.1, 0.15) is 74.2 Å². The minimum absolute atomic E-state index is 0.0799. The van der Waals surface area contributed by atoms with Crippen molar-refractivity contribution in [1.82, 2.24) is 67.5 Å². The number of amides is 6. The molecule has 0 saturated heterocycles. The number of aryl methyl sites for hydroxylation is 1. The highest BCUT2D eigenvalue weighted by atomic mass is 32.1. The number of nitrogens with two attached hydrogens (primary N) is 2. The Kier molecular flexibility index (Phi) is 26.6. The van der Waals surface area contributed by atoms with Crippen LogP contribution in [0.4, 0.5) is 34.2 Å². The summed E-state index contributed by atoms with van der Waals surface area (Å²) in [5.41, 5.74) is 26.7. The lowest BCUT2D eigenvalue weighted by molar-refractivity contribution is -0.115. The van der Waals surface area contributed by atoms with Crippen molar-refractivity contribution in [2.24, 2.45) is 0 Å². The molecule has 654 valence electrons. The number of nitrogens with one attached hydrogen (secondary N) is 6. The number of carbonyl (C=O) groups excluding carboxylic acids is 8. The van der Waals surface area contributed by atoms with Crippen LogP contribution in [-0.2, 0) is 41.7 Å². The standard InChI is InChI=1S/C25H21N5O2S.C24H20N6O2S.C17H15N3O3.C16H13N3O3.C15H13N3O2/c1-15(31)27-24-22(18-7-4-3-5-8-18)29-23-19(9-6-12-30(23)24)25(32)26-14-17-10-11-20-21(13-17)33-16(2)28-20;1-14(31)27-22-20(16-6-3-2-4-7-16)29-21-17(8-5-11-30(21)22)23(32)26-13-15-9-10-18-19(12-15)33-24(25)28-18;1-11(21)18-16-14(12-7-4-3-5-8-12)19-15-13(17(22)23-2)9-6-10-20(15)16;1-10(20)17-15-13(11-6-3-2-4-7-11)18-14-12(16(21)22)8-5-9-19(14)15;1-20-15(19)11-8-5-9-18-13(16)12(17-14(11)18)10-6-3-2-4-7-10/h3-13H,14H2,1-2H3,(H,26,32)(H,27,31);2-12H,13H2,1H3,(H2,25,28)(H,26,32)(H,27,31);3-10H,1-2H3,(H,18,21);2-9H,1H3,(H,17,20)(H,21,22);2-9H,16H2,1H3. The van der Waals surface area contributed by atoms with Gasteiger partial charge in [0.25, 0.3) is 11.8 Å². The van der Waals surface area contributed by atoms with Gasteiger partial charge in [-0.25, -0.2) is 49.3 Å². The molecule has 0 fully saturated rings.